The van der Waals surface area contributed by atoms with E-state index in [-0.39, 0.29) is 4.90 Å². The van der Waals surface area contributed by atoms with Gasteiger partial charge in [0, 0.05) is 23.1 Å². The molecule has 5 aromatic rings. The Hall–Kier alpha value is -3.69. The monoisotopic (exact) mass is 461 g/mol. The number of benzene rings is 2. The van der Waals surface area contributed by atoms with Gasteiger partial charge in [0.25, 0.3) is 10.0 Å². The van der Waals surface area contributed by atoms with Crippen LogP contribution in [-0.4, -0.2) is 23.0 Å². The van der Waals surface area contributed by atoms with Crippen LogP contribution in [0.5, 0.6) is 0 Å². The molecule has 3 heterocycles. The van der Waals surface area contributed by atoms with Crippen LogP contribution in [0.15, 0.2) is 88.7 Å². The van der Waals surface area contributed by atoms with Crippen molar-refractivity contribution in [2.24, 2.45) is 0 Å². The number of sulfonamides is 1. The predicted molar refractivity (Wildman–Crippen MR) is 128 cm³/mol. The Bertz CT molecular complexity index is 1470. The number of thiophene rings is 1. The number of rotatable bonds is 6. The van der Waals surface area contributed by atoms with Crippen molar-refractivity contribution in [1.29, 1.82) is 0 Å². The van der Waals surface area contributed by atoms with Gasteiger partial charge in [-0.1, -0.05) is 17.7 Å². The minimum atomic E-state index is -3.64. The largest absolute Gasteiger partial charge is 0.340 e. The number of aromatic nitrogens is 3. The van der Waals surface area contributed by atoms with Gasteiger partial charge in [-0.2, -0.15) is 16.4 Å². The summed E-state index contributed by atoms with van der Waals surface area (Å²) < 4.78 is 29.5. The van der Waals surface area contributed by atoms with Crippen molar-refractivity contribution in [2.75, 3.05) is 10.0 Å². The lowest BCUT2D eigenvalue weighted by Crippen LogP contribution is -2.12. The topological polar surface area (TPSA) is 88.4 Å². The van der Waals surface area contributed by atoms with Gasteiger partial charge in [0.1, 0.15) is 5.82 Å². The number of hydrogen-bond donors (Lipinski definition) is 2. The highest BCUT2D eigenvalue weighted by molar-refractivity contribution is 7.92. The van der Waals surface area contributed by atoms with Crippen LogP contribution >= 0.6 is 11.3 Å². The third kappa shape index (κ3) is 4.08. The molecule has 160 valence electrons. The first-order chi connectivity index (χ1) is 15.5. The number of fused-ring (bicyclic) bond motifs is 1. The van der Waals surface area contributed by atoms with Gasteiger partial charge >= 0.3 is 0 Å². The average molecular weight is 462 g/mol. The Morgan fingerprint density at radius 3 is 2.41 bits per heavy atom. The molecule has 2 aromatic carbocycles. The van der Waals surface area contributed by atoms with Crippen LogP contribution < -0.4 is 10.0 Å². The molecule has 0 aliphatic carbocycles. The Kier molecular flexibility index (Phi) is 5.12. The Morgan fingerprint density at radius 2 is 1.69 bits per heavy atom. The Balaban J connectivity index is 1.34. The zero-order valence-corrected chi connectivity index (χ0v) is 18.7. The van der Waals surface area contributed by atoms with Gasteiger partial charge in [0.15, 0.2) is 5.65 Å². The summed E-state index contributed by atoms with van der Waals surface area (Å²) in [4.78, 5) is 4.92. The highest BCUT2D eigenvalue weighted by Gasteiger charge is 2.14. The number of hydrogen-bond acceptors (Lipinski definition) is 6. The molecule has 5 rings (SSSR count). The van der Waals surface area contributed by atoms with Crippen molar-refractivity contribution in [1.82, 2.24) is 14.6 Å². The van der Waals surface area contributed by atoms with Gasteiger partial charge in [-0.05, 0) is 71.8 Å². The molecule has 7 nitrogen and oxygen atoms in total. The summed E-state index contributed by atoms with van der Waals surface area (Å²) in [5, 5.41) is 11.7. The first kappa shape index (κ1) is 20.2. The number of anilines is 3. The summed E-state index contributed by atoms with van der Waals surface area (Å²) in [5.74, 6) is 0.669. The van der Waals surface area contributed by atoms with Crippen molar-refractivity contribution in [3.05, 3.63) is 89.4 Å². The van der Waals surface area contributed by atoms with Gasteiger partial charge in [-0.25, -0.2) is 17.9 Å². The molecular formula is C23H19N5O2S2. The summed E-state index contributed by atoms with van der Waals surface area (Å²) in [6.07, 6.45) is 3.66. The van der Waals surface area contributed by atoms with Crippen LogP contribution in [0, 0.1) is 6.92 Å². The fourth-order valence-electron chi connectivity index (χ4n) is 3.26. The van der Waals surface area contributed by atoms with E-state index < -0.39 is 10.0 Å². The Morgan fingerprint density at radius 1 is 0.938 bits per heavy atom. The second-order valence-electron chi connectivity index (χ2n) is 7.27. The van der Waals surface area contributed by atoms with E-state index in [1.165, 1.54) is 0 Å². The summed E-state index contributed by atoms with van der Waals surface area (Å²) >= 11 is 1.63. The van der Waals surface area contributed by atoms with Gasteiger partial charge < -0.3 is 5.32 Å². The van der Waals surface area contributed by atoms with Gasteiger partial charge in [0.05, 0.1) is 11.1 Å². The quantitative estimate of drug-likeness (QED) is 0.358. The minimum Gasteiger partial charge on any atom is -0.340 e. The van der Waals surface area contributed by atoms with Gasteiger partial charge in [0.2, 0.25) is 0 Å². The maximum Gasteiger partial charge on any atom is 0.261 e. The van der Waals surface area contributed by atoms with E-state index in [0.29, 0.717) is 11.5 Å². The first-order valence-corrected chi connectivity index (χ1v) is 12.2. The molecular weight excluding hydrogens is 442 g/mol. The fourth-order valence-corrected chi connectivity index (χ4v) is 4.98. The third-order valence-corrected chi connectivity index (χ3v) is 7.02. The van der Waals surface area contributed by atoms with Crippen LogP contribution in [0.2, 0.25) is 0 Å². The van der Waals surface area contributed by atoms with Crippen LogP contribution in [0.4, 0.5) is 17.2 Å². The molecule has 0 amide bonds. The smallest absolute Gasteiger partial charge is 0.261 e. The average Bonchev–Trinajstić information content (AvgIpc) is 3.45. The molecule has 0 atom stereocenters. The second-order valence-corrected chi connectivity index (χ2v) is 9.73. The van der Waals surface area contributed by atoms with Crippen LogP contribution in [0.1, 0.15) is 5.56 Å². The van der Waals surface area contributed by atoms with Crippen molar-refractivity contribution in [3.8, 4) is 11.1 Å². The zero-order valence-electron chi connectivity index (χ0n) is 17.1. The van der Waals surface area contributed by atoms with E-state index in [4.69, 9.17) is 4.98 Å². The number of aryl methyl sites for hydroxylation is 1. The van der Waals surface area contributed by atoms with E-state index >= 15 is 0 Å². The molecule has 0 aliphatic heterocycles. The van der Waals surface area contributed by atoms with Gasteiger partial charge in [-0.3, -0.25) is 4.72 Å². The maximum absolute atomic E-state index is 12.6. The summed E-state index contributed by atoms with van der Waals surface area (Å²) in [7, 11) is -3.64. The minimum absolute atomic E-state index is 0.227. The molecule has 0 spiro atoms. The van der Waals surface area contributed by atoms with E-state index in [0.717, 1.165) is 28.0 Å². The van der Waals surface area contributed by atoms with Crippen molar-refractivity contribution in [3.63, 3.8) is 0 Å². The summed E-state index contributed by atoms with van der Waals surface area (Å²) in [5.41, 5.74) is 5.09. The fraction of sp³-hybridized carbons (Fsp3) is 0.0435. The van der Waals surface area contributed by atoms with Gasteiger partial charge in [-0.15, -0.1) is 0 Å². The van der Waals surface area contributed by atoms with E-state index in [2.05, 4.69) is 20.5 Å². The first-order valence-electron chi connectivity index (χ1n) is 9.81. The van der Waals surface area contributed by atoms with E-state index in [1.807, 2.05) is 36.8 Å². The SMILES string of the molecule is Cc1ccc(S(=O)(=O)Nc2ccc(Nc3ccn4ncc(-c5ccsc5)c4n3)cc2)cc1. The number of nitrogens with zero attached hydrogens (tertiary/aromatic N) is 3. The molecule has 0 fully saturated rings. The summed E-state index contributed by atoms with van der Waals surface area (Å²) in [6, 6.07) is 17.6. The lowest BCUT2D eigenvalue weighted by Gasteiger charge is -2.10. The van der Waals surface area contributed by atoms with Crippen molar-refractivity contribution in [2.45, 2.75) is 11.8 Å². The zero-order chi connectivity index (χ0) is 22.1. The highest BCUT2D eigenvalue weighted by atomic mass is 32.2. The van der Waals surface area contributed by atoms with Crippen LogP contribution in [0.3, 0.4) is 0 Å². The lowest BCUT2D eigenvalue weighted by atomic mass is 10.2. The third-order valence-electron chi connectivity index (χ3n) is 4.94. The van der Waals surface area contributed by atoms with E-state index in [1.54, 1.807) is 64.4 Å². The Labute approximate surface area is 189 Å². The molecule has 2 N–H and O–H groups in total. The van der Waals surface area contributed by atoms with Crippen LogP contribution in [0.25, 0.3) is 16.8 Å². The van der Waals surface area contributed by atoms with Crippen molar-refractivity contribution < 1.29 is 8.42 Å². The van der Waals surface area contributed by atoms with E-state index in [9.17, 15) is 8.42 Å². The number of nitrogens with one attached hydrogen (secondary N) is 2. The predicted octanol–water partition coefficient (Wildman–Crippen LogP) is 5.31. The second kappa shape index (κ2) is 8.10. The molecule has 0 aliphatic rings. The maximum atomic E-state index is 12.6. The standard InChI is InChI=1S/C23H19N5O2S2/c1-16-2-8-20(9-3-16)32(29,30)27-19-6-4-18(5-7-19)25-22-10-12-28-23(26-22)21(14-24-28)17-11-13-31-15-17/h2-15,27H,1H3,(H,25,26). The van der Waals surface area contributed by atoms with Crippen molar-refractivity contribution >= 4 is 44.2 Å². The molecule has 0 radical (unpaired) electrons. The normalized spacial score (nSPS) is 11.5. The molecule has 0 unspecified atom stereocenters. The molecule has 0 bridgehead atoms. The lowest BCUT2D eigenvalue weighted by molar-refractivity contribution is 0.601. The molecule has 9 heteroatoms. The molecule has 0 saturated carbocycles. The molecule has 32 heavy (non-hydrogen) atoms. The summed E-state index contributed by atoms with van der Waals surface area (Å²) in [6.45, 7) is 1.91. The highest BCUT2D eigenvalue weighted by Crippen LogP contribution is 2.27. The van der Waals surface area contributed by atoms with Crippen LogP contribution in [-0.2, 0) is 10.0 Å². The molecule has 0 saturated heterocycles. The molecule has 3 aromatic heterocycles.